The van der Waals surface area contributed by atoms with Crippen LogP contribution in [0.25, 0.3) is 22.2 Å². The number of aromatic amines is 1. The molecule has 1 fully saturated rings. The highest BCUT2D eigenvalue weighted by molar-refractivity contribution is 5.97. The Morgan fingerprint density at radius 3 is 2.86 bits per heavy atom. The van der Waals surface area contributed by atoms with Gasteiger partial charge in [0.05, 0.1) is 36.8 Å². The average molecular weight is 382 g/mol. The number of nitrogens with zero attached hydrogens (tertiary/aromatic N) is 2. The second-order valence-corrected chi connectivity index (χ2v) is 6.78. The lowest BCUT2D eigenvalue weighted by Crippen LogP contribution is -2.30. The van der Waals surface area contributed by atoms with E-state index in [1.54, 1.807) is 20.4 Å². The first kappa shape index (κ1) is 18.4. The summed E-state index contributed by atoms with van der Waals surface area (Å²) in [4.78, 5) is 23.7. The molecule has 1 saturated heterocycles. The molecule has 1 atom stereocenters. The summed E-state index contributed by atoms with van der Waals surface area (Å²) in [7, 11) is 3.30. The predicted molar refractivity (Wildman–Crippen MR) is 104 cm³/mol. The van der Waals surface area contributed by atoms with Crippen molar-refractivity contribution in [3.05, 3.63) is 36.3 Å². The summed E-state index contributed by atoms with van der Waals surface area (Å²) in [6.45, 7) is 2.53. The summed E-state index contributed by atoms with van der Waals surface area (Å²) < 4.78 is 16.9. The van der Waals surface area contributed by atoms with E-state index in [-0.39, 0.29) is 5.91 Å². The smallest absolute Gasteiger partial charge is 0.222 e. The summed E-state index contributed by atoms with van der Waals surface area (Å²) in [5, 5.41) is 3.62. The molecule has 3 aromatic heterocycles. The van der Waals surface area contributed by atoms with Crippen molar-refractivity contribution in [2.45, 2.75) is 18.9 Å². The fourth-order valence-corrected chi connectivity index (χ4v) is 3.49. The highest BCUT2D eigenvalue weighted by Gasteiger charge is 2.39. The van der Waals surface area contributed by atoms with Gasteiger partial charge in [-0.2, -0.15) is 0 Å². The number of aromatic nitrogens is 3. The Balaban J connectivity index is 1.84. The van der Waals surface area contributed by atoms with Crippen molar-refractivity contribution in [3.63, 3.8) is 0 Å². The molecule has 1 amide bonds. The summed E-state index contributed by atoms with van der Waals surface area (Å²) in [6.07, 6.45) is 4.29. The van der Waals surface area contributed by atoms with Crippen LogP contribution in [0.5, 0.6) is 5.75 Å². The molecule has 0 aliphatic carbocycles. The number of anilines is 1. The largest absolute Gasteiger partial charge is 0.497 e. The van der Waals surface area contributed by atoms with Crippen LogP contribution >= 0.6 is 0 Å². The van der Waals surface area contributed by atoms with E-state index in [9.17, 15) is 4.79 Å². The number of ether oxygens (including phenoxy) is 3. The second-order valence-electron chi connectivity index (χ2n) is 6.78. The number of nitrogens with one attached hydrogen (secondary N) is 2. The van der Waals surface area contributed by atoms with Crippen LogP contribution in [-0.4, -0.2) is 48.3 Å². The number of fused-ring (bicyclic) bond motifs is 1. The molecule has 1 unspecified atom stereocenters. The lowest BCUT2D eigenvalue weighted by Gasteiger charge is -2.26. The van der Waals surface area contributed by atoms with Gasteiger partial charge in [-0.3, -0.25) is 4.79 Å². The van der Waals surface area contributed by atoms with Gasteiger partial charge in [0.2, 0.25) is 5.91 Å². The van der Waals surface area contributed by atoms with Gasteiger partial charge < -0.3 is 24.5 Å². The Morgan fingerprint density at radius 2 is 2.18 bits per heavy atom. The SMILES string of the molecule is COc1cc(-c2c[nH]c3cnc(NC(C)=O)cc23)nc(C2(OC)CCOC2)c1. The van der Waals surface area contributed by atoms with E-state index < -0.39 is 5.60 Å². The summed E-state index contributed by atoms with van der Waals surface area (Å²) >= 11 is 0. The molecule has 8 nitrogen and oxygen atoms in total. The maximum absolute atomic E-state index is 11.4. The van der Waals surface area contributed by atoms with Crippen molar-refractivity contribution in [1.29, 1.82) is 0 Å². The van der Waals surface area contributed by atoms with E-state index >= 15 is 0 Å². The summed E-state index contributed by atoms with van der Waals surface area (Å²) in [5.74, 6) is 1.00. The highest BCUT2D eigenvalue weighted by Crippen LogP contribution is 2.37. The number of hydrogen-bond donors (Lipinski definition) is 2. The molecule has 0 spiro atoms. The number of amides is 1. The van der Waals surface area contributed by atoms with Crippen LogP contribution in [0.1, 0.15) is 19.0 Å². The Hall–Kier alpha value is -2.97. The molecular weight excluding hydrogens is 360 g/mol. The molecule has 4 rings (SSSR count). The number of methoxy groups -OCH3 is 2. The summed E-state index contributed by atoms with van der Waals surface area (Å²) in [5.41, 5.74) is 2.66. The molecule has 28 heavy (non-hydrogen) atoms. The Kier molecular flexibility index (Phi) is 4.74. The maximum atomic E-state index is 11.4. The normalized spacial score (nSPS) is 19.1. The molecule has 8 heteroatoms. The van der Waals surface area contributed by atoms with Crippen LogP contribution in [-0.2, 0) is 19.9 Å². The zero-order valence-electron chi connectivity index (χ0n) is 16.0. The number of rotatable bonds is 5. The number of carbonyl (C=O) groups is 1. The van der Waals surface area contributed by atoms with Gasteiger partial charge in [-0.15, -0.1) is 0 Å². The van der Waals surface area contributed by atoms with Gasteiger partial charge in [0.25, 0.3) is 0 Å². The third-order valence-corrected chi connectivity index (χ3v) is 5.02. The Bertz CT molecular complexity index is 1020. The van der Waals surface area contributed by atoms with Gasteiger partial charge in [-0.05, 0) is 6.07 Å². The van der Waals surface area contributed by atoms with Crippen molar-refractivity contribution in [1.82, 2.24) is 15.0 Å². The van der Waals surface area contributed by atoms with Gasteiger partial charge in [0, 0.05) is 56.3 Å². The van der Waals surface area contributed by atoms with Gasteiger partial charge >= 0.3 is 0 Å². The van der Waals surface area contributed by atoms with Crippen LogP contribution in [0.2, 0.25) is 0 Å². The molecule has 0 bridgehead atoms. The highest BCUT2D eigenvalue weighted by atomic mass is 16.5. The van der Waals surface area contributed by atoms with Gasteiger partial charge in [-0.1, -0.05) is 0 Å². The number of carbonyl (C=O) groups excluding carboxylic acids is 1. The van der Waals surface area contributed by atoms with Crippen LogP contribution in [0.4, 0.5) is 5.82 Å². The number of hydrogen-bond acceptors (Lipinski definition) is 6. The third-order valence-electron chi connectivity index (χ3n) is 5.02. The monoisotopic (exact) mass is 382 g/mol. The van der Waals surface area contributed by atoms with Crippen molar-refractivity contribution < 1.29 is 19.0 Å². The first-order valence-corrected chi connectivity index (χ1v) is 8.99. The lowest BCUT2D eigenvalue weighted by molar-refractivity contribution is -0.114. The number of H-pyrrole nitrogens is 1. The molecule has 0 aromatic carbocycles. The zero-order valence-corrected chi connectivity index (χ0v) is 16.0. The average Bonchev–Trinajstić information content (AvgIpc) is 3.34. The van der Waals surface area contributed by atoms with E-state index in [0.29, 0.717) is 24.8 Å². The molecule has 2 N–H and O–H groups in total. The van der Waals surface area contributed by atoms with Crippen molar-refractivity contribution in [2.75, 3.05) is 32.8 Å². The van der Waals surface area contributed by atoms with Gasteiger partial charge in [0.15, 0.2) is 0 Å². The molecule has 0 saturated carbocycles. The van der Waals surface area contributed by atoms with Crippen LogP contribution in [0.15, 0.2) is 30.6 Å². The first-order chi connectivity index (χ1) is 13.5. The van der Waals surface area contributed by atoms with Crippen molar-refractivity contribution >= 4 is 22.6 Å². The Labute approximate surface area is 162 Å². The van der Waals surface area contributed by atoms with Crippen LogP contribution < -0.4 is 10.1 Å². The molecule has 0 radical (unpaired) electrons. The van der Waals surface area contributed by atoms with E-state index in [1.165, 1.54) is 6.92 Å². The van der Waals surface area contributed by atoms with Crippen molar-refractivity contribution in [2.24, 2.45) is 0 Å². The van der Waals surface area contributed by atoms with Gasteiger partial charge in [0.1, 0.15) is 17.2 Å². The number of pyridine rings is 2. The third kappa shape index (κ3) is 3.21. The van der Waals surface area contributed by atoms with Gasteiger partial charge in [-0.25, -0.2) is 9.97 Å². The molecule has 146 valence electrons. The minimum atomic E-state index is -0.585. The van der Waals surface area contributed by atoms with E-state index in [2.05, 4.69) is 15.3 Å². The molecule has 3 aromatic rings. The Morgan fingerprint density at radius 1 is 1.32 bits per heavy atom. The van der Waals surface area contributed by atoms with E-state index in [1.807, 2.05) is 24.4 Å². The van der Waals surface area contributed by atoms with Crippen LogP contribution in [0, 0.1) is 0 Å². The molecular formula is C20H22N4O4. The first-order valence-electron chi connectivity index (χ1n) is 8.99. The quantitative estimate of drug-likeness (QED) is 0.704. The zero-order chi connectivity index (χ0) is 19.7. The minimum absolute atomic E-state index is 0.172. The molecule has 4 heterocycles. The fourth-order valence-electron chi connectivity index (χ4n) is 3.49. The minimum Gasteiger partial charge on any atom is -0.497 e. The topological polar surface area (TPSA) is 98.4 Å². The second kappa shape index (κ2) is 7.21. The van der Waals surface area contributed by atoms with E-state index in [4.69, 9.17) is 19.2 Å². The molecule has 1 aliphatic heterocycles. The van der Waals surface area contributed by atoms with E-state index in [0.717, 1.165) is 34.3 Å². The standard InChI is InChI=1S/C20H22N4O4/c1-12(25)23-19-8-14-15(9-21-17(14)10-22-19)16-6-13(26-2)7-18(24-16)20(27-3)4-5-28-11-20/h6-10,21H,4-5,11H2,1-3H3,(H,22,23,25). The van der Waals surface area contributed by atoms with Crippen molar-refractivity contribution in [3.8, 4) is 17.0 Å². The van der Waals surface area contributed by atoms with Crippen LogP contribution in [0.3, 0.4) is 0 Å². The molecule has 1 aliphatic rings. The summed E-state index contributed by atoms with van der Waals surface area (Å²) in [6, 6.07) is 5.60. The fraction of sp³-hybridized carbons (Fsp3) is 0.350. The predicted octanol–water partition coefficient (Wildman–Crippen LogP) is 2.85. The lowest BCUT2D eigenvalue weighted by atomic mass is 9.96. The maximum Gasteiger partial charge on any atom is 0.222 e.